The summed E-state index contributed by atoms with van der Waals surface area (Å²) in [5.74, 6) is 0.502. The lowest BCUT2D eigenvalue weighted by molar-refractivity contribution is 0.218. The van der Waals surface area contributed by atoms with Gasteiger partial charge in [-0.05, 0) is 53.3 Å². The highest BCUT2D eigenvalue weighted by Crippen LogP contribution is 2.30. The molecular weight excluding hydrogens is 406 g/mol. The van der Waals surface area contributed by atoms with E-state index in [1.54, 1.807) is 0 Å². The summed E-state index contributed by atoms with van der Waals surface area (Å²) in [7, 11) is 0. The normalized spacial score (nSPS) is 16.7. The molecule has 0 fully saturated rings. The van der Waals surface area contributed by atoms with E-state index in [9.17, 15) is 4.79 Å². The highest BCUT2D eigenvalue weighted by Gasteiger charge is 2.32. The van der Waals surface area contributed by atoms with Gasteiger partial charge in [0, 0.05) is 16.6 Å². The Morgan fingerprint density at radius 1 is 1.06 bits per heavy atom. The number of amides is 2. The largest absolute Gasteiger partial charge is 0.342 e. The molecule has 158 valence electrons. The monoisotopic (exact) mass is 431 g/mol. The molecule has 1 N–H and O–H groups in total. The second kappa shape index (κ2) is 9.36. The molecule has 1 heterocycles. The van der Waals surface area contributed by atoms with Crippen molar-refractivity contribution in [2.45, 2.75) is 32.1 Å². The Balaban J connectivity index is 1.56. The number of carbonyl (C=O) groups is 1. The molecule has 2 amide bonds. The SMILES string of the molecule is CC[C@@H](C)c1ccc(NC(=O)N2C[C@H](c3ccccc3)C(c3ccc(Cl)cc3)=N2)cc1. The minimum Gasteiger partial charge on any atom is -0.306 e. The summed E-state index contributed by atoms with van der Waals surface area (Å²) in [5, 5.41) is 9.87. The smallest absolute Gasteiger partial charge is 0.306 e. The van der Waals surface area contributed by atoms with E-state index in [4.69, 9.17) is 16.7 Å². The molecule has 1 aliphatic heterocycles. The van der Waals surface area contributed by atoms with Crippen molar-refractivity contribution in [3.05, 3.63) is 101 Å². The summed E-state index contributed by atoms with van der Waals surface area (Å²) in [6.45, 7) is 4.86. The predicted molar refractivity (Wildman–Crippen MR) is 128 cm³/mol. The van der Waals surface area contributed by atoms with Crippen LogP contribution in [-0.4, -0.2) is 23.3 Å². The van der Waals surface area contributed by atoms with Crippen LogP contribution in [0.3, 0.4) is 0 Å². The molecule has 0 radical (unpaired) electrons. The van der Waals surface area contributed by atoms with Crippen LogP contribution in [0.5, 0.6) is 0 Å². The molecule has 0 saturated carbocycles. The van der Waals surface area contributed by atoms with Crippen molar-refractivity contribution in [2.24, 2.45) is 5.10 Å². The van der Waals surface area contributed by atoms with Crippen LogP contribution in [0.2, 0.25) is 5.02 Å². The van der Waals surface area contributed by atoms with Crippen molar-refractivity contribution in [1.29, 1.82) is 0 Å². The lowest BCUT2D eigenvalue weighted by atomic mass is 9.91. The van der Waals surface area contributed by atoms with Crippen molar-refractivity contribution < 1.29 is 4.79 Å². The molecule has 5 heteroatoms. The molecule has 3 aromatic carbocycles. The molecule has 2 atom stereocenters. The third-order valence-electron chi connectivity index (χ3n) is 5.83. The number of benzene rings is 3. The van der Waals surface area contributed by atoms with Crippen LogP contribution in [0.1, 0.15) is 48.8 Å². The molecule has 0 aromatic heterocycles. The first-order valence-corrected chi connectivity index (χ1v) is 11.0. The first kappa shape index (κ1) is 21.1. The van der Waals surface area contributed by atoms with Crippen molar-refractivity contribution in [3.63, 3.8) is 0 Å². The maximum atomic E-state index is 13.0. The number of hydrazone groups is 1. The second-order valence-electron chi connectivity index (χ2n) is 7.90. The lowest BCUT2D eigenvalue weighted by Gasteiger charge is -2.16. The molecule has 4 rings (SSSR count). The number of nitrogens with zero attached hydrogens (tertiary/aromatic N) is 2. The predicted octanol–water partition coefficient (Wildman–Crippen LogP) is 6.89. The van der Waals surface area contributed by atoms with Crippen LogP contribution in [0, 0.1) is 0 Å². The van der Waals surface area contributed by atoms with Gasteiger partial charge in [-0.15, -0.1) is 0 Å². The molecule has 31 heavy (non-hydrogen) atoms. The van der Waals surface area contributed by atoms with Gasteiger partial charge in [0.15, 0.2) is 0 Å². The number of hydrogen-bond donors (Lipinski definition) is 1. The van der Waals surface area contributed by atoms with Gasteiger partial charge in [0.25, 0.3) is 0 Å². The minimum atomic E-state index is -0.235. The van der Waals surface area contributed by atoms with Gasteiger partial charge in [-0.1, -0.05) is 80.0 Å². The molecule has 3 aromatic rings. The van der Waals surface area contributed by atoms with Crippen LogP contribution in [0.4, 0.5) is 10.5 Å². The minimum absolute atomic E-state index is 0.000838. The van der Waals surface area contributed by atoms with Crippen molar-refractivity contribution >= 4 is 29.0 Å². The number of anilines is 1. The Morgan fingerprint density at radius 3 is 2.39 bits per heavy atom. The van der Waals surface area contributed by atoms with Gasteiger partial charge in [-0.2, -0.15) is 5.10 Å². The standard InChI is InChI=1S/C26H26ClN3O/c1-3-18(2)19-11-15-23(16-12-19)28-26(31)30-17-24(20-7-5-4-6-8-20)25(29-30)21-9-13-22(27)14-10-21/h4-16,18,24H,3,17H2,1-2H3,(H,28,31)/t18-,24-/m1/s1. The summed E-state index contributed by atoms with van der Waals surface area (Å²) in [5.41, 5.74) is 5.00. The number of carbonyl (C=O) groups excluding carboxylic acids is 1. The highest BCUT2D eigenvalue weighted by atomic mass is 35.5. The van der Waals surface area contributed by atoms with Gasteiger partial charge < -0.3 is 5.32 Å². The molecule has 1 aliphatic rings. The van der Waals surface area contributed by atoms with Crippen LogP contribution >= 0.6 is 11.6 Å². The fraction of sp³-hybridized carbons (Fsp3) is 0.231. The third-order valence-corrected chi connectivity index (χ3v) is 6.09. The number of rotatable bonds is 5. The van der Waals surface area contributed by atoms with Gasteiger partial charge >= 0.3 is 6.03 Å². The Bertz CT molecular complexity index is 1060. The first-order valence-electron chi connectivity index (χ1n) is 10.6. The van der Waals surface area contributed by atoms with Crippen LogP contribution in [0.25, 0.3) is 0 Å². The summed E-state index contributed by atoms with van der Waals surface area (Å²) < 4.78 is 0. The van der Waals surface area contributed by atoms with E-state index >= 15 is 0 Å². The Morgan fingerprint density at radius 2 is 1.74 bits per heavy atom. The quantitative estimate of drug-likeness (QED) is 0.469. The summed E-state index contributed by atoms with van der Waals surface area (Å²) in [6, 6.07) is 25.6. The van der Waals surface area contributed by atoms with Crippen LogP contribution < -0.4 is 5.32 Å². The molecule has 0 bridgehead atoms. The molecular formula is C26H26ClN3O. The molecule has 0 saturated heterocycles. The zero-order chi connectivity index (χ0) is 21.8. The van der Waals surface area contributed by atoms with Gasteiger partial charge in [0.1, 0.15) is 0 Å². The van der Waals surface area contributed by atoms with E-state index in [1.165, 1.54) is 10.6 Å². The molecule has 4 nitrogen and oxygen atoms in total. The van der Waals surface area contributed by atoms with Crippen molar-refractivity contribution in [2.75, 3.05) is 11.9 Å². The van der Waals surface area contributed by atoms with Crippen molar-refractivity contribution in [1.82, 2.24) is 5.01 Å². The van der Waals surface area contributed by atoms with Crippen molar-refractivity contribution in [3.8, 4) is 0 Å². The van der Waals surface area contributed by atoms with Crippen LogP contribution in [0.15, 0.2) is 84.0 Å². The van der Waals surface area contributed by atoms with Crippen LogP contribution in [-0.2, 0) is 0 Å². The number of halogens is 1. The van der Waals surface area contributed by atoms with Gasteiger partial charge in [0.2, 0.25) is 0 Å². The fourth-order valence-corrected chi connectivity index (χ4v) is 3.90. The molecule has 0 aliphatic carbocycles. The Labute approximate surface area is 188 Å². The van der Waals surface area contributed by atoms with Gasteiger partial charge in [-0.25, -0.2) is 9.80 Å². The average molecular weight is 432 g/mol. The summed E-state index contributed by atoms with van der Waals surface area (Å²) in [6.07, 6.45) is 1.09. The third kappa shape index (κ3) is 4.80. The van der Waals surface area contributed by atoms with Gasteiger partial charge in [0.05, 0.1) is 12.3 Å². The second-order valence-corrected chi connectivity index (χ2v) is 8.34. The number of hydrogen-bond acceptors (Lipinski definition) is 2. The zero-order valence-corrected chi connectivity index (χ0v) is 18.5. The van der Waals surface area contributed by atoms with Gasteiger partial charge in [-0.3, -0.25) is 0 Å². The molecule has 0 unspecified atom stereocenters. The summed E-state index contributed by atoms with van der Waals surface area (Å²) >= 11 is 6.07. The van der Waals surface area contributed by atoms with E-state index in [1.807, 2.05) is 54.6 Å². The van der Waals surface area contributed by atoms with E-state index in [2.05, 4.69) is 43.4 Å². The lowest BCUT2D eigenvalue weighted by Crippen LogP contribution is -2.30. The Kier molecular flexibility index (Phi) is 6.38. The highest BCUT2D eigenvalue weighted by molar-refractivity contribution is 6.30. The van der Waals surface area contributed by atoms with E-state index in [-0.39, 0.29) is 11.9 Å². The Hall–Kier alpha value is -3.11. The summed E-state index contributed by atoms with van der Waals surface area (Å²) in [4.78, 5) is 13.0. The van der Waals surface area contributed by atoms with E-state index < -0.39 is 0 Å². The maximum absolute atomic E-state index is 13.0. The van der Waals surface area contributed by atoms with E-state index in [0.29, 0.717) is 17.5 Å². The topological polar surface area (TPSA) is 44.7 Å². The first-order chi connectivity index (χ1) is 15.0. The maximum Gasteiger partial charge on any atom is 0.342 e. The fourth-order valence-electron chi connectivity index (χ4n) is 3.78. The average Bonchev–Trinajstić information content (AvgIpc) is 3.26. The zero-order valence-electron chi connectivity index (χ0n) is 17.8. The number of nitrogens with one attached hydrogen (secondary N) is 1. The van der Waals surface area contributed by atoms with E-state index in [0.717, 1.165) is 28.9 Å². The number of urea groups is 1. The molecule has 0 spiro atoms.